The van der Waals surface area contributed by atoms with E-state index in [1.807, 2.05) is 0 Å². The summed E-state index contributed by atoms with van der Waals surface area (Å²) in [5, 5.41) is 9.89. The largest absolute Gasteiger partial charge is 0.870 e. The number of hydrogen-bond acceptors (Lipinski definition) is 4. The zero-order valence-electron chi connectivity index (χ0n) is 22.3. The minimum Gasteiger partial charge on any atom is -0.870 e. The topological polar surface area (TPSA) is 68.7 Å². The zero-order chi connectivity index (χ0) is 23.0. The van der Waals surface area contributed by atoms with Gasteiger partial charge in [-0.25, -0.2) is 0 Å². The van der Waals surface area contributed by atoms with Gasteiger partial charge in [0.2, 0.25) is 0 Å². The van der Waals surface area contributed by atoms with E-state index >= 15 is 0 Å². The predicted molar refractivity (Wildman–Crippen MR) is 137 cm³/mol. The third-order valence-electron chi connectivity index (χ3n) is 5.88. The van der Waals surface area contributed by atoms with Crippen molar-refractivity contribution in [2.45, 2.75) is 122 Å². The van der Waals surface area contributed by atoms with Gasteiger partial charge in [0.15, 0.2) is 0 Å². The van der Waals surface area contributed by atoms with Crippen LogP contribution >= 0.6 is 0 Å². The van der Waals surface area contributed by atoms with Gasteiger partial charge >= 0.3 is 0 Å². The molecule has 0 aliphatic heterocycles. The Morgan fingerprint density at radius 2 is 0.906 bits per heavy atom. The van der Waals surface area contributed by atoms with Crippen LogP contribution in [0.5, 0.6) is 0 Å². The van der Waals surface area contributed by atoms with E-state index in [4.69, 9.17) is 9.47 Å². The Morgan fingerprint density at radius 1 is 0.562 bits per heavy atom. The zero-order valence-corrected chi connectivity index (χ0v) is 22.3. The molecule has 0 rings (SSSR count). The maximum absolute atomic E-state index is 9.89. The lowest BCUT2D eigenvalue weighted by molar-refractivity contribution is -0.870. The molecule has 0 fully saturated rings. The van der Waals surface area contributed by atoms with E-state index in [2.05, 4.69) is 28.1 Å². The lowest BCUT2D eigenvalue weighted by Gasteiger charge is -2.23. The van der Waals surface area contributed by atoms with Crippen LogP contribution in [0.3, 0.4) is 0 Å². The monoisotopic (exact) mass is 461 g/mol. The van der Waals surface area contributed by atoms with Gasteiger partial charge in [-0.15, -0.1) is 0 Å². The number of rotatable bonds is 25. The highest BCUT2D eigenvalue weighted by molar-refractivity contribution is 4.53. The summed E-state index contributed by atoms with van der Waals surface area (Å²) in [7, 11) is 6.55. The molecule has 5 heteroatoms. The first-order valence-electron chi connectivity index (χ1n) is 13.6. The second kappa shape index (κ2) is 25.4. The average molecular weight is 462 g/mol. The van der Waals surface area contributed by atoms with Gasteiger partial charge in [-0.1, -0.05) is 103 Å². The fourth-order valence-electron chi connectivity index (χ4n) is 3.88. The molecule has 0 heterocycles. The highest BCUT2D eigenvalue weighted by Gasteiger charge is 2.07. The van der Waals surface area contributed by atoms with Gasteiger partial charge in [0, 0.05) is 13.0 Å². The maximum atomic E-state index is 9.89. The summed E-state index contributed by atoms with van der Waals surface area (Å²) in [6.45, 7) is 5.63. The molecule has 0 saturated heterocycles. The second-order valence-corrected chi connectivity index (χ2v) is 10.5. The number of quaternary nitrogens is 1. The number of unbranched alkanes of at least 4 members (excludes halogenated alkanes) is 15. The molecule has 1 atom stereocenters. The fourth-order valence-corrected chi connectivity index (χ4v) is 3.88. The van der Waals surface area contributed by atoms with E-state index in [-0.39, 0.29) is 5.48 Å². The molecule has 0 aromatic heterocycles. The summed E-state index contributed by atoms with van der Waals surface area (Å²) < 4.78 is 12.1. The minimum atomic E-state index is -0.495. The third kappa shape index (κ3) is 29.8. The highest BCUT2D eigenvalue weighted by atomic mass is 16.5. The Kier molecular flexibility index (Phi) is 27.0. The van der Waals surface area contributed by atoms with E-state index in [9.17, 15) is 5.11 Å². The van der Waals surface area contributed by atoms with Gasteiger partial charge in [-0.05, 0) is 6.42 Å². The molecule has 32 heavy (non-hydrogen) atoms. The molecule has 1 unspecified atom stereocenters. The molecule has 0 aliphatic carbocycles. The van der Waals surface area contributed by atoms with Crippen molar-refractivity contribution < 1.29 is 24.5 Å². The maximum Gasteiger partial charge on any atom is 0.101 e. The van der Waals surface area contributed by atoms with E-state index in [0.29, 0.717) is 19.8 Å². The van der Waals surface area contributed by atoms with Gasteiger partial charge in [-0.3, -0.25) is 0 Å². The summed E-state index contributed by atoms with van der Waals surface area (Å²) in [6.07, 6.45) is 22.7. The lowest BCUT2D eigenvalue weighted by Crippen LogP contribution is -2.36. The molecule has 0 aromatic carbocycles. The van der Waals surface area contributed by atoms with Crippen LogP contribution < -0.4 is 0 Å². The Morgan fingerprint density at radius 3 is 1.28 bits per heavy atom. The number of ether oxygens (including phenoxy) is 2. The molecule has 2 N–H and O–H groups in total. The van der Waals surface area contributed by atoms with Gasteiger partial charge in [0.05, 0.1) is 47.5 Å². The van der Waals surface area contributed by atoms with E-state index in [0.717, 1.165) is 30.5 Å². The fraction of sp³-hybridized carbons (Fsp3) is 1.00. The van der Waals surface area contributed by atoms with E-state index < -0.39 is 6.10 Å². The third-order valence-corrected chi connectivity index (χ3v) is 5.88. The van der Waals surface area contributed by atoms with Crippen molar-refractivity contribution in [1.29, 1.82) is 0 Å². The van der Waals surface area contributed by atoms with Crippen molar-refractivity contribution in [3.8, 4) is 0 Å². The number of hydrogen-bond donors (Lipinski definition) is 1. The number of aliphatic hydroxyl groups is 1. The first-order chi connectivity index (χ1) is 15.0. The molecule has 0 spiro atoms. The number of aliphatic hydroxyl groups excluding tert-OH is 1. The van der Waals surface area contributed by atoms with E-state index in [1.165, 1.54) is 96.3 Å². The smallest absolute Gasteiger partial charge is 0.101 e. The van der Waals surface area contributed by atoms with Crippen LogP contribution in [0.25, 0.3) is 0 Å². The van der Waals surface area contributed by atoms with Gasteiger partial charge in [-0.2, -0.15) is 0 Å². The standard InChI is InChI=1S/C27H58NO3.H2O/c1-5-6-7-8-9-10-11-12-13-14-15-16-17-18-19-20-23-30-25-27(29)26-31-24-21-22-28(2,3)4;/h27,29H,5-26H2,1-4H3;1H2/q+1;/p-1. The molecule has 0 aliphatic rings. The second-order valence-electron chi connectivity index (χ2n) is 10.5. The van der Waals surface area contributed by atoms with Gasteiger partial charge in [0.25, 0.3) is 0 Å². The van der Waals surface area contributed by atoms with Crippen molar-refractivity contribution >= 4 is 0 Å². The van der Waals surface area contributed by atoms with Crippen molar-refractivity contribution in [1.82, 2.24) is 0 Å². The summed E-state index contributed by atoms with van der Waals surface area (Å²) in [5.74, 6) is 0. The molecular formula is C27H59NO4. The summed E-state index contributed by atoms with van der Waals surface area (Å²) >= 11 is 0. The van der Waals surface area contributed by atoms with Crippen LogP contribution in [0, 0.1) is 0 Å². The quantitative estimate of drug-likeness (QED) is 0.123. The molecule has 5 nitrogen and oxygen atoms in total. The van der Waals surface area contributed by atoms with Crippen LogP contribution in [0.4, 0.5) is 0 Å². The lowest BCUT2D eigenvalue weighted by atomic mass is 10.0. The van der Waals surface area contributed by atoms with Gasteiger partial charge < -0.3 is 24.5 Å². The van der Waals surface area contributed by atoms with Crippen molar-refractivity contribution in [3.05, 3.63) is 0 Å². The Bertz CT molecular complexity index is 347. The van der Waals surface area contributed by atoms with Gasteiger partial charge in [0.1, 0.15) is 6.10 Å². The Balaban J connectivity index is 0. The average Bonchev–Trinajstić information content (AvgIpc) is 2.71. The number of nitrogens with zero attached hydrogens (tertiary/aromatic N) is 1. The molecule has 0 saturated carbocycles. The summed E-state index contributed by atoms with van der Waals surface area (Å²) in [5.41, 5.74) is 0. The summed E-state index contributed by atoms with van der Waals surface area (Å²) in [4.78, 5) is 0. The van der Waals surface area contributed by atoms with Crippen LogP contribution in [-0.2, 0) is 9.47 Å². The highest BCUT2D eigenvalue weighted by Crippen LogP contribution is 2.13. The normalized spacial score (nSPS) is 12.7. The molecule has 196 valence electrons. The minimum absolute atomic E-state index is 0. The first kappa shape index (κ1) is 34.0. The molecule has 0 bridgehead atoms. The predicted octanol–water partition coefficient (Wildman–Crippen LogP) is 6.56. The van der Waals surface area contributed by atoms with Crippen molar-refractivity contribution in [3.63, 3.8) is 0 Å². The SMILES string of the molecule is CCCCCCCCCCCCCCCCCCOCC(O)COCCC[N+](C)(C)C.[OH-]. The summed E-state index contributed by atoms with van der Waals surface area (Å²) in [6, 6.07) is 0. The molecule has 0 radical (unpaired) electrons. The van der Waals surface area contributed by atoms with Crippen LogP contribution in [-0.4, -0.2) is 75.3 Å². The molecule has 0 amide bonds. The van der Waals surface area contributed by atoms with Crippen LogP contribution in [0.15, 0.2) is 0 Å². The van der Waals surface area contributed by atoms with E-state index in [1.54, 1.807) is 0 Å². The Labute approximate surface area is 201 Å². The van der Waals surface area contributed by atoms with Crippen LogP contribution in [0.1, 0.15) is 116 Å². The van der Waals surface area contributed by atoms with Crippen molar-refractivity contribution in [2.75, 3.05) is 54.1 Å². The van der Waals surface area contributed by atoms with Crippen LogP contribution in [0.2, 0.25) is 0 Å². The molecular weight excluding hydrogens is 402 g/mol. The van der Waals surface area contributed by atoms with Crippen molar-refractivity contribution in [2.24, 2.45) is 0 Å². The first-order valence-corrected chi connectivity index (χ1v) is 13.6. The molecule has 0 aromatic rings. The Hall–Kier alpha value is -0.200.